The molecule has 0 aromatic heterocycles. The maximum absolute atomic E-state index is 12.9. The number of imide groups is 2. The van der Waals surface area contributed by atoms with Crippen molar-refractivity contribution in [3.8, 4) is 11.5 Å². The molecule has 2 aromatic rings. The Morgan fingerprint density at radius 3 is 2.10 bits per heavy atom. The maximum Gasteiger partial charge on any atom is 0.339 e. The lowest BCUT2D eigenvalue weighted by molar-refractivity contribution is -0.139. The van der Waals surface area contributed by atoms with Crippen molar-refractivity contribution in [3.05, 3.63) is 53.1 Å². The van der Waals surface area contributed by atoms with Crippen molar-refractivity contribution < 1.29 is 23.9 Å². The Morgan fingerprint density at radius 1 is 0.833 bits per heavy atom. The molecule has 158 valence electrons. The molecule has 1 fully saturated rings. The van der Waals surface area contributed by atoms with Crippen LogP contribution in [0.25, 0.3) is 0 Å². The first-order valence-corrected chi connectivity index (χ1v) is 10.2. The highest BCUT2D eigenvalue weighted by Crippen LogP contribution is 2.34. The third kappa shape index (κ3) is 4.57. The van der Waals surface area contributed by atoms with Crippen molar-refractivity contribution in [2.75, 3.05) is 18.1 Å². The second-order valence-electron chi connectivity index (χ2n) is 6.77. The summed E-state index contributed by atoms with van der Waals surface area (Å²) in [5.74, 6) is -0.834. The molecule has 1 heterocycles. The van der Waals surface area contributed by atoms with Crippen LogP contribution in [0.3, 0.4) is 0 Å². The monoisotopic (exact) mass is 430 g/mol. The summed E-state index contributed by atoms with van der Waals surface area (Å²) in [6, 6.07) is 10.8. The van der Waals surface area contributed by atoms with Gasteiger partial charge in [-0.05, 0) is 42.7 Å². The van der Waals surface area contributed by atoms with Crippen LogP contribution in [0.15, 0.2) is 42.5 Å². The van der Waals surface area contributed by atoms with E-state index in [0.717, 1.165) is 22.6 Å². The average molecular weight is 431 g/mol. The molecule has 4 amide bonds. The molecule has 0 N–H and O–H groups in total. The Bertz CT molecular complexity index is 945. The van der Waals surface area contributed by atoms with Crippen molar-refractivity contribution >= 4 is 35.1 Å². The number of amides is 4. The number of hydrogen-bond acceptors (Lipinski definition) is 5. The number of anilines is 1. The molecule has 1 aliphatic heterocycles. The molecule has 3 rings (SSSR count). The van der Waals surface area contributed by atoms with Gasteiger partial charge < -0.3 is 9.47 Å². The molecule has 0 unspecified atom stereocenters. The molecular formula is C22H23ClN2O5. The van der Waals surface area contributed by atoms with Crippen LogP contribution in [0, 0.1) is 0 Å². The summed E-state index contributed by atoms with van der Waals surface area (Å²) in [7, 11) is 0. The molecule has 30 heavy (non-hydrogen) atoms. The van der Waals surface area contributed by atoms with Crippen LogP contribution < -0.4 is 14.4 Å². The van der Waals surface area contributed by atoms with E-state index in [1.54, 1.807) is 42.5 Å². The van der Waals surface area contributed by atoms with E-state index >= 15 is 0 Å². The minimum absolute atomic E-state index is 0.0199. The number of rotatable bonds is 9. The fourth-order valence-electron chi connectivity index (χ4n) is 2.94. The van der Waals surface area contributed by atoms with E-state index in [9.17, 15) is 14.4 Å². The molecular weight excluding hydrogens is 408 g/mol. The van der Waals surface area contributed by atoms with Crippen molar-refractivity contribution in [1.82, 2.24) is 4.90 Å². The van der Waals surface area contributed by atoms with Gasteiger partial charge in [-0.1, -0.05) is 37.6 Å². The van der Waals surface area contributed by atoms with Crippen LogP contribution in [-0.4, -0.2) is 36.0 Å². The van der Waals surface area contributed by atoms with Gasteiger partial charge in [-0.2, -0.15) is 0 Å². The highest BCUT2D eigenvalue weighted by molar-refractivity contribution is 6.52. The SMILES string of the molecule is CCCOc1ccc(N2C(=O)C(=O)N(Cc3ccc(Cl)cc3)C2=O)cc1OCCC. The van der Waals surface area contributed by atoms with Gasteiger partial charge in [0.05, 0.1) is 25.4 Å². The zero-order chi connectivity index (χ0) is 21.7. The molecule has 1 saturated heterocycles. The number of carbonyl (C=O) groups is 3. The van der Waals surface area contributed by atoms with Gasteiger partial charge in [0.2, 0.25) is 0 Å². The zero-order valence-electron chi connectivity index (χ0n) is 16.9. The number of benzene rings is 2. The Kier molecular flexibility index (Phi) is 6.95. The number of hydrogen-bond donors (Lipinski definition) is 0. The largest absolute Gasteiger partial charge is 0.490 e. The van der Waals surface area contributed by atoms with Gasteiger partial charge in [0.15, 0.2) is 11.5 Å². The van der Waals surface area contributed by atoms with Gasteiger partial charge in [0, 0.05) is 11.1 Å². The van der Waals surface area contributed by atoms with E-state index in [1.807, 2.05) is 13.8 Å². The molecule has 8 heteroatoms. The molecule has 0 spiro atoms. The molecule has 0 bridgehead atoms. The lowest BCUT2D eigenvalue weighted by Crippen LogP contribution is -2.33. The minimum Gasteiger partial charge on any atom is -0.490 e. The van der Waals surface area contributed by atoms with Crippen LogP contribution in [0.4, 0.5) is 10.5 Å². The van der Waals surface area contributed by atoms with Crippen LogP contribution in [0.5, 0.6) is 11.5 Å². The predicted molar refractivity (Wildman–Crippen MR) is 113 cm³/mol. The van der Waals surface area contributed by atoms with Crippen LogP contribution in [0.2, 0.25) is 5.02 Å². The summed E-state index contributed by atoms with van der Waals surface area (Å²) < 4.78 is 11.4. The fourth-order valence-corrected chi connectivity index (χ4v) is 3.06. The molecule has 2 aromatic carbocycles. The van der Waals surface area contributed by atoms with Gasteiger partial charge in [-0.3, -0.25) is 14.5 Å². The summed E-state index contributed by atoms with van der Waals surface area (Å²) in [6.45, 7) is 4.90. The van der Waals surface area contributed by atoms with E-state index in [4.69, 9.17) is 21.1 Å². The van der Waals surface area contributed by atoms with Crippen molar-refractivity contribution in [3.63, 3.8) is 0 Å². The summed E-state index contributed by atoms with van der Waals surface area (Å²) in [6.07, 6.45) is 1.61. The Labute approximate surface area is 180 Å². The van der Waals surface area contributed by atoms with Crippen LogP contribution in [-0.2, 0) is 16.1 Å². The van der Waals surface area contributed by atoms with E-state index < -0.39 is 17.8 Å². The first-order valence-electron chi connectivity index (χ1n) is 9.80. The van der Waals surface area contributed by atoms with Crippen LogP contribution >= 0.6 is 11.6 Å². The van der Waals surface area contributed by atoms with Crippen molar-refractivity contribution in [2.24, 2.45) is 0 Å². The highest BCUT2D eigenvalue weighted by atomic mass is 35.5. The Hall–Kier alpha value is -3.06. The fraction of sp³-hybridized carbons (Fsp3) is 0.318. The standard InChI is InChI=1S/C22H23ClN2O5/c1-3-11-29-18-10-9-17(13-19(18)30-12-4-2)25-21(27)20(26)24(22(25)28)14-15-5-7-16(23)8-6-15/h5-10,13H,3-4,11-12,14H2,1-2H3. The minimum atomic E-state index is -0.905. The molecule has 0 radical (unpaired) electrons. The molecule has 0 aliphatic carbocycles. The number of nitrogens with zero attached hydrogens (tertiary/aromatic N) is 2. The quantitative estimate of drug-likeness (QED) is 0.435. The predicted octanol–water partition coefficient (Wildman–Crippen LogP) is 4.41. The maximum atomic E-state index is 12.9. The Balaban J connectivity index is 1.86. The van der Waals surface area contributed by atoms with Gasteiger partial charge >= 0.3 is 17.8 Å². The molecule has 7 nitrogen and oxygen atoms in total. The normalized spacial score (nSPS) is 13.9. The van der Waals surface area contributed by atoms with E-state index in [1.165, 1.54) is 0 Å². The van der Waals surface area contributed by atoms with Gasteiger partial charge in [0.25, 0.3) is 0 Å². The lowest BCUT2D eigenvalue weighted by Gasteiger charge is -2.18. The topological polar surface area (TPSA) is 76.2 Å². The summed E-state index contributed by atoms with van der Waals surface area (Å²) in [4.78, 5) is 39.7. The van der Waals surface area contributed by atoms with Crippen molar-refractivity contribution in [2.45, 2.75) is 33.2 Å². The molecule has 0 atom stereocenters. The van der Waals surface area contributed by atoms with Gasteiger partial charge in [0.1, 0.15) is 0 Å². The third-order valence-electron chi connectivity index (χ3n) is 4.42. The summed E-state index contributed by atoms with van der Waals surface area (Å²) in [5, 5.41) is 0.542. The first-order chi connectivity index (χ1) is 14.5. The number of carbonyl (C=O) groups excluding carboxylic acids is 3. The Morgan fingerprint density at radius 2 is 1.47 bits per heavy atom. The van der Waals surface area contributed by atoms with Gasteiger partial charge in [-0.25, -0.2) is 9.69 Å². The third-order valence-corrected chi connectivity index (χ3v) is 4.67. The van der Waals surface area contributed by atoms with E-state index in [-0.39, 0.29) is 12.2 Å². The summed E-state index contributed by atoms with van der Waals surface area (Å²) in [5.41, 5.74) is 0.943. The van der Waals surface area contributed by atoms with Gasteiger partial charge in [-0.15, -0.1) is 0 Å². The first kappa shape index (κ1) is 21.6. The summed E-state index contributed by atoms with van der Waals surface area (Å²) >= 11 is 5.88. The number of ether oxygens (including phenoxy) is 2. The second-order valence-corrected chi connectivity index (χ2v) is 7.21. The number of urea groups is 1. The van der Waals surface area contributed by atoms with Crippen molar-refractivity contribution in [1.29, 1.82) is 0 Å². The van der Waals surface area contributed by atoms with E-state index in [2.05, 4.69) is 0 Å². The second kappa shape index (κ2) is 9.63. The molecule has 1 aliphatic rings. The highest BCUT2D eigenvalue weighted by Gasteiger charge is 2.45. The average Bonchev–Trinajstić information content (AvgIpc) is 2.95. The molecule has 0 saturated carbocycles. The van der Waals surface area contributed by atoms with E-state index in [0.29, 0.717) is 35.3 Å². The van der Waals surface area contributed by atoms with Crippen LogP contribution in [0.1, 0.15) is 32.3 Å². The number of halogens is 1. The zero-order valence-corrected chi connectivity index (χ0v) is 17.6. The smallest absolute Gasteiger partial charge is 0.339 e. The lowest BCUT2D eigenvalue weighted by atomic mass is 10.2.